The molecule has 1 amide bonds. The van der Waals surface area contributed by atoms with Gasteiger partial charge in [-0.2, -0.15) is 0 Å². The molecule has 100 valence electrons. The molecule has 1 aromatic carbocycles. The Morgan fingerprint density at radius 1 is 0.944 bits per heavy atom. The topological polar surface area (TPSA) is 49.3 Å². The first-order valence-corrected chi connectivity index (χ1v) is 6.80. The number of benzene rings is 1. The first kappa shape index (κ1) is 14.6. The van der Waals surface area contributed by atoms with Gasteiger partial charge in [0.05, 0.1) is 0 Å². The zero-order chi connectivity index (χ0) is 13.1. The van der Waals surface area contributed by atoms with E-state index < -0.39 is 6.09 Å². The van der Waals surface area contributed by atoms with Crippen molar-refractivity contribution in [1.82, 2.24) is 5.32 Å². The normalized spacial score (nSPS) is 10.2. The summed E-state index contributed by atoms with van der Waals surface area (Å²) in [4.78, 5) is 10.2. The van der Waals surface area contributed by atoms with Crippen LogP contribution in [0.15, 0.2) is 30.3 Å². The Balaban J connectivity index is 1.86. The Bertz CT molecular complexity index is 325. The molecule has 0 bridgehead atoms. The van der Waals surface area contributed by atoms with Crippen LogP contribution in [0.1, 0.15) is 44.1 Å². The molecule has 2 N–H and O–H groups in total. The molecule has 0 saturated carbocycles. The lowest BCUT2D eigenvalue weighted by Crippen LogP contribution is -2.21. The summed E-state index contributed by atoms with van der Waals surface area (Å²) in [6.07, 6.45) is 7.28. The average molecular weight is 249 g/mol. The third-order valence-corrected chi connectivity index (χ3v) is 3.01. The molecule has 0 saturated heterocycles. The summed E-state index contributed by atoms with van der Waals surface area (Å²) in [5.74, 6) is 0. The lowest BCUT2D eigenvalue weighted by Gasteiger charge is -2.03. The maximum atomic E-state index is 10.2. The first-order valence-electron chi connectivity index (χ1n) is 6.80. The Morgan fingerprint density at radius 3 is 2.22 bits per heavy atom. The Labute approximate surface area is 109 Å². The van der Waals surface area contributed by atoms with Gasteiger partial charge >= 0.3 is 6.09 Å². The highest BCUT2D eigenvalue weighted by atomic mass is 16.4. The van der Waals surface area contributed by atoms with Crippen LogP contribution in [-0.2, 0) is 6.42 Å². The number of rotatable bonds is 9. The number of hydrogen-bond acceptors (Lipinski definition) is 1. The molecule has 3 heteroatoms. The van der Waals surface area contributed by atoms with Crippen molar-refractivity contribution in [3.8, 4) is 0 Å². The minimum absolute atomic E-state index is 0.583. The second-order valence-electron chi connectivity index (χ2n) is 4.59. The van der Waals surface area contributed by atoms with Crippen LogP contribution < -0.4 is 5.32 Å². The summed E-state index contributed by atoms with van der Waals surface area (Å²) in [5, 5.41) is 10.8. The van der Waals surface area contributed by atoms with Gasteiger partial charge in [-0.3, -0.25) is 0 Å². The standard InChI is InChI=1S/C15H23NO2/c17-15(18)16-13-9-4-2-1-3-6-10-14-11-7-5-8-12-14/h5,7-8,11-12,16H,1-4,6,9-10,13H2,(H,17,18). The van der Waals surface area contributed by atoms with Gasteiger partial charge in [0.25, 0.3) is 0 Å². The van der Waals surface area contributed by atoms with Gasteiger partial charge in [0.1, 0.15) is 0 Å². The summed E-state index contributed by atoms with van der Waals surface area (Å²) in [6.45, 7) is 0.583. The van der Waals surface area contributed by atoms with Gasteiger partial charge in [-0.15, -0.1) is 0 Å². The first-order chi connectivity index (χ1) is 8.79. The van der Waals surface area contributed by atoms with Gasteiger partial charge in [-0.25, -0.2) is 4.79 Å². The summed E-state index contributed by atoms with van der Waals surface area (Å²) < 4.78 is 0. The third kappa shape index (κ3) is 7.71. The van der Waals surface area contributed by atoms with E-state index in [9.17, 15) is 4.79 Å². The van der Waals surface area contributed by atoms with Gasteiger partial charge in [0, 0.05) is 6.54 Å². The highest BCUT2D eigenvalue weighted by Gasteiger charge is 1.95. The van der Waals surface area contributed by atoms with Crippen molar-refractivity contribution >= 4 is 6.09 Å². The number of nitrogens with one attached hydrogen (secondary N) is 1. The fraction of sp³-hybridized carbons (Fsp3) is 0.533. The van der Waals surface area contributed by atoms with Gasteiger partial charge in [-0.05, 0) is 24.8 Å². The zero-order valence-electron chi connectivity index (χ0n) is 10.9. The smallest absolute Gasteiger partial charge is 0.404 e. The lowest BCUT2D eigenvalue weighted by atomic mass is 10.1. The van der Waals surface area contributed by atoms with Crippen LogP contribution in [0.25, 0.3) is 0 Å². The Morgan fingerprint density at radius 2 is 1.56 bits per heavy atom. The SMILES string of the molecule is O=C(O)NCCCCCCCCc1ccccc1. The summed E-state index contributed by atoms with van der Waals surface area (Å²) >= 11 is 0. The van der Waals surface area contributed by atoms with Crippen LogP contribution in [0.5, 0.6) is 0 Å². The van der Waals surface area contributed by atoms with Gasteiger partial charge in [-0.1, -0.05) is 56.0 Å². The van der Waals surface area contributed by atoms with E-state index in [1.54, 1.807) is 0 Å². The van der Waals surface area contributed by atoms with Crippen molar-refractivity contribution in [2.75, 3.05) is 6.54 Å². The molecule has 0 heterocycles. The highest BCUT2D eigenvalue weighted by Crippen LogP contribution is 2.09. The van der Waals surface area contributed by atoms with E-state index in [-0.39, 0.29) is 0 Å². The van der Waals surface area contributed by atoms with Crippen molar-refractivity contribution < 1.29 is 9.90 Å². The molecule has 0 radical (unpaired) electrons. The van der Waals surface area contributed by atoms with Crippen molar-refractivity contribution in [2.24, 2.45) is 0 Å². The van der Waals surface area contributed by atoms with Crippen LogP contribution in [0.3, 0.4) is 0 Å². The molecule has 18 heavy (non-hydrogen) atoms. The molecule has 0 fully saturated rings. The molecule has 0 spiro atoms. The number of amides is 1. The minimum atomic E-state index is -0.919. The molecule has 0 aromatic heterocycles. The number of carbonyl (C=O) groups is 1. The predicted molar refractivity (Wildman–Crippen MR) is 73.9 cm³/mol. The van der Waals surface area contributed by atoms with E-state index in [0.29, 0.717) is 6.54 Å². The average Bonchev–Trinajstić information content (AvgIpc) is 2.37. The van der Waals surface area contributed by atoms with Crippen LogP contribution in [-0.4, -0.2) is 17.7 Å². The van der Waals surface area contributed by atoms with Gasteiger partial charge in [0.15, 0.2) is 0 Å². The Hall–Kier alpha value is -1.51. The molecule has 0 aliphatic rings. The summed E-state index contributed by atoms with van der Waals surface area (Å²) in [6, 6.07) is 10.6. The maximum Gasteiger partial charge on any atom is 0.404 e. The second kappa shape index (κ2) is 9.51. The maximum absolute atomic E-state index is 10.2. The van der Waals surface area contributed by atoms with Crippen LogP contribution in [0.2, 0.25) is 0 Å². The summed E-state index contributed by atoms with van der Waals surface area (Å²) in [7, 11) is 0. The lowest BCUT2D eigenvalue weighted by molar-refractivity contribution is 0.194. The van der Waals surface area contributed by atoms with Crippen molar-refractivity contribution in [3.05, 3.63) is 35.9 Å². The Kier molecular flexibility index (Phi) is 7.69. The number of hydrogen-bond donors (Lipinski definition) is 2. The van der Waals surface area contributed by atoms with Crippen LogP contribution in [0, 0.1) is 0 Å². The highest BCUT2D eigenvalue weighted by molar-refractivity contribution is 5.64. The van der Waals surface area contributed by atoms with Crippen molar-refractivity contribution in [3.63, 3.8) is 0 Å². The van der Waals surface area contributed by atoms with E-state index in [4.69, 9.17) is 5.11 Å². The minimum Gasteiger partial charge on any atom is -0.465 e. The second-order valence-corrected chi connectivity index (χ2v) is 4.59. The van der Waals surface area contributed by atoms with E-state index in [1.807, 2.05) is 0 Å². The van der Waals surface area contributed by atoms with Gasteiger partial charge < -0.3 is 10.4 Å². The molecule has 0 atom stereocenters. The quantitative estimate of drug-likeness (QED) is 0.653. The monoisotopic (exact) mass is 249 g/mol. The van der Waals surface area contributed by atoms with Crippen LogP contribution >= 0.6 is 0 Å². The van der Waals surface area contributed by atoms with Crippen molar-refractivity contribution in [2.45, 2.75) is 44.9 Å². The third-order valence-electron chi connectivity index (χ3n) is 3.01. The molecule has 1 aromatic rings. The van der Waals surface area contributed by atoms with E-state index in [1.165, 1.54) is 37.7 Å². The van der Waals surface area contributed by atoms with Crippen molar-refractivity contribution in [1.29, 1.82) is 0 Å². The number of aryl methyl sites for hydroxylation is 1. The molecule has 0 unspecified atom stereocenters. The molecular weight excluding hydrogens is 226 g/mol. The zero-order valence-corrected chi connectivity index (χ0v) is 10.9. The molecule has 0 aliphatic heterocycles. The molecule has 1 rings (SSSR count). The number of carboxylic acid groups (broad SMARTS) is 1. The van der Waals surface area contributed by atoms with E-state index in [2.05, 4.69) is 35.6 Å². The largest absolute Gasteiger partial charge is 0.465 e. The molecular formula is C15H23NO2. The fourth-order valence-electron chi connectivity index (χ4n) is 2.00. The molecule has 3 nitrogen and oxygen atoms in total. The fourth-order valence-corrected chi connectivity index (χ4v) is 2.00. The van der Waals surface area contributed by atoms with Gasteiger partial charge in [0.2, 0.25) is 0 Å². The van der Waals surface area contributed by atoms with E-state index in [0.717, 1.165) is 12.8 Å². The molecule has 0 aliphatic carbocycles. The van der Waals surface area contributed by atoms with E-state index >= 15 is 0 Å². The predicted octanol–water partition coefficient (Wildman–Crippen LogP) is 3.84. The summed E-state index contributed by atoms with van der Waals surface area (Å²) in [5.41, 5.74) is 1.42. The van der Waals surface area contributed by atoms with Crippen LogP contribution in [0.4, 0.5) is 4.79 Å². The number of unbranched alkanes of at least 4 members (excludes halogenated alkanes) is 5.